The quantitative estimate of drug-likeness (QED) is 0.772. The van der Waals surface area contributed by atoms with Crippen LogP contribution in [0.2, 0.25) is 0 Å². The Morgan fingerprint density at radius 2 is 2.09 bits per heavy atom. The Morgan fingerprint density at radius 3 is 2.65 bits per heavy atom. The Balaban J connectivity index is 2.18. The molecule has 2 rings (SSSR count). The number of hydrogen-bond acceptors (Lipinski definition) is 3. The fraction of sp³-hybridized carbons (Fsp3) is 0.412. The maximum Gasteiger partial charge on any atom is 0.315 e. The molecule has 0 spiro atoms. The summed E-state index contributed by atoms with van der Waals surface area (Å²) in [5.74, 6) is 1.56. The topological polar surface area (TPSA) is 68.2 Å². The molecule has 0 fully saturated rings. The summed E-state index contributed by atoms with van der Waals surface area (Å²) in [6, 6.07) is 7.11. The molecule has 1 aromatic carbocycles. The molecule has 6 nitrogen and oxygen atoms in total. The first kappa shape index (κ1) is 16.9. The van der Waals surface area contributed by atoms with Crippen molar-refractivity contribution in [2.75, 3.05) is 13.7 Å². The van der Waals surface area contributed by atoms with Crippen LogP contribution in [0.1, 0.15) is 37.2 Å². The number of carbonyl (C=O) groups excluding carboxylic acids is 1. The number of amides is 2. The van der Waals surface area contributed by atoms with E-state index in [4.69, 9.17) is 4.74 Å². The van der Waals surface area contributed by atoms with Crippen LogP contribution in [0.15, 0.2) is 36.7 Å². The minimum absolute atomic E-state index is 0.192. The molecule has 1 heterocycles. The molecule has 0 bridgehead atoms. The van der Waals surface area contributed by atoms with E-state index in [2.05, 4.69) is 22.5 Å². The van der Waals surface area contributed by atoms with Crippen molar-refractivity contribution in [3.8, 4) is 5.75 Å². The number of unbranched alkanes of at least 4 members (excludes halogenated alkanes) is 1. The molecule has 1 aromatic heterocycles. The van der Waals surface area contributed by atoms with Crippen molar-refractivity contribution in [2.45, 2.75) is 25.8 Å². The van der Waals surface area contributed by atoms with Gasteiger partial charge in [0.1, 0.15) is 17.6 Å². The summed E-state index contributed by atoms with van der Waals surface area (Å²) in [6.45, 7) is 2.76. The van der Waals surface area contributed by atoms with Crippen molar-refractivity contribution in [3.63, 3.8) is 0 Å². The molecule has 2 N–H and O–H groups in total. The Morgan fingerprint density at radius 1 is 1.35 bits per heavy atom. The summed E-state index contributed by atoms with van der Waals surface area (Å²) in [5, 5.41) is 5.87. The molecule has 124 valence electrons. The third-order valence-corrected chi connectivity index (χ3v) is 3.66. The summed E-state index contributed by atoms with van der Waals surface area (Å²) in [6.07, 6.45) is 5.59. The molecule has 2 amide bonds. The number of carbonyl (C=O) groups is 1. The van der Waals surface area contributed by atoms with Crippen LogP contribution in [0.25, 0.3) is 0 Å². The fourth-order valence-electron chi connectivity index (χ4n) is 2.31. The summed E-state index contributed by atoms with van der Waals surface area (Å²) in [4.78, 5) is 16.5. The second-order valence-electron chi connectivity index (χ2n) is 5.36. The van der Waals surface area contributed by atoms with Gasteiger partial charge in [-0.25, -0.2) is 9.78 Å². The highest BCUT2D eigenvalue weighted by Gasteiger charge is 2.20. The largest absolute Gasteiger partial charge is 0.497 e. The number of benzene rings is 1. The molecule has 0 radical (unpaired) electrons. The smallest absolute Gasteiger partial charge is 0.315 e. The predicted octanol–water partition coefficient (Wildman–Crippen LogP) is 2.62. The lowest BCUT2D eigenvalue weighted by molar-refractivity contribution is 0.238. The molecule has 23 heavy (non-hydrogen) atoms. The fourth-order valence-corrected chi connectivity index (χ4v) is 2.31. The summed E-state index contributed by atoms with van der Waals surface area (Å²) in [7, 11) is 3.54. The lowest BCUT2D eigenvalue weighted by Crippen LogP contribution is -2.39. The number of nitrogens with zero attached hydrogens (tertiary/aromatic N) is 2. The number of methoxy groups -OCH3 is 1. The van der Waals surface area contributed by atoms with Gasteiger partial charge in [-0.1, -0.05) is 25.5 Å². The highest BCUT2D eigenvalue weighted by molar-refractivity contribution is 5.74. The Labute approximate surface area is 136 Å². The van der Waals surface area contributed by atoms with Crippen LogP contribution in [0.3, 0.4) is 0 Å². The second-order valence-corrected chi connectivity index (χ2v) is 5.36. The van der Waals surface area contributed by atoms with Crippen molar-refractivity contribution in [1.29, 1.82) is 0 Å². The average molecular weight is 316 g/mol. The van der Waals surface area contributed by atoms with Crippen LogP contribution in [-0.4, -0.2) is 29.2 Å². The SMILES string of the molecule is CCCCNC(=O)N[C@H](c1ccc(OC)cc1)c1nccn1C. The second kappa shape index (κ2) is 8.22. The average Bonchev–Trinajstić information content (AvgIpc) is 2.99. The zero-order valence-corrected chi connectivity index (χ0v) is 13.9. The number of rotatable bonds is 7. The van der Waals surface area contributed by atoms with Gasteiger partial charge in [0.25, 0.3) is 0 Å². The van der Waals surface area contributed by atoms with Crippen molar-refractivity contribution in [3.05, 3.63) is 48.0 Å². The zero-order valence-electron chi connectivity index (χ0n) is 13.9. The molecule has 0 aliphatic heterocycles. The number of urea groups is 1. The molecule has 0 aliphatic carbocycles. The van der Waals surface area contributed by atoms with Gasteiger partial charge in [0, 0.05) is 26.0 Å². The molecule has 0 unspecified atom stereocenters. The van der Waals surface area contributed by atoms with Gasteiger partial charge in [0.2, 0.25) is 0 Å². The van der Waals surface area contributed by atoms with Gasteiger partial charge in [0.05, 0.1) is 7.11 Å². The summed E-state index contributed by atoms with van der Waals surface area (Å²) < 4.78 is 7.09. The van der Waals surface area contributed by atoms with Gasteiger partial charge in [-0.3, -0.25) is 0 Å². The molecular formula is C17H24N4O2. The maximum atomic E-state index is 12.1. The Hall–Kier alpha value is -2.50. The zero-order chi connectivity index (χ0) is 16.7. The number of aryl methyl sites for hydroxylation is 1. The van der Waals surface area contributed by atoms with E-state index in [1.807, 2.05) is 42.1 Å². The van der Waals surface area contributed by atoms with Crippen molar-refractivity contribution < 1.29 is 9.53 Å². The van der Waals surface area contributed by atoms with Crippen molar-refractivity contribution in [2.24, 2.45) is 7.05 Å². The molecule has 0 aliphatic rings. The number of aromatic nitrogens is 2. The molecule has 1 atom stereocenters. The van der Waals surface area contributed by atoms with Crippen molar-refractivity contribution >= 4 is 6.03 Å². The van der Waals surface area contributed by atoms with E-state index >= 15 is 0 Å². The first-order valence-electron chi connectivity index (χ1n) is 7.81. The number of imidazole rings is 1. The van der Waals surface area contributed by atoms with Crippen molar-refractivity contribution in [1.82, 2.24) is 20.2 Å². The number of hydrogen-bond donors (Lipinski definition) is 2. The summed E-state index contributed by atoms with van der Waals surface area (Å²) >= 11 is 0. The standard InChI is InChI=1S/C17H24N4O2/c1-4-5-10-19-17(22)20-15(16-18-11-12-21(16)2)13-6-8-14(23-3)9-7-13/h6-9,11-12,15H,4-5,10H2,1-3H3,(H2,19,20,22)/t15-/m1/s1. The van der Waals surface area contributed by atoms with E-state index in [1.54, 1.807) is 13.3 Å². The van der Waals surface area contributed by atoms with Gasteiger partial charge in [-0.15, -0.1) is 0 Å². The molecule has 0 saturated heterocycles. The van der Waals surface area contributed by atoms with Crippen LogP contribution in [0, 0.1) is 0 Å². The molecule has 0 saturated carbocycles. The highest BCUT2D eigenvalue weighted by Crippen LogP contribution is 2.22. The Bertz CT molecular complexity index is 622. The van der Waals surface area contributed by atoms with E-state index in [9.17, 15) is 4.79 Å². The molecule has 6 heteroatoms. The van der Waals surface area contributed by atoms with Gasteiger partial charge in [0.15, 0.2) is 0 Å². The van der Waals surface area contributed by atoms with E-state index in [0.717, 1.165) is 30.0 Å². The molecule has 2 aromatic rings. The van der Waals surface area contributed by atoms with E-state index in [-0.39, 0.29) is 12.1 Å². The van der Waals surface area contributed by atoms with Gasteiger partial charge < -0.3 is 19.9 Å². The Kier molecular flexibility index (Phi) is 6.02. The first-order chi connectivity index (χ1) is 11.2. The lowest BCUT2D eigenvalue weighted by atomic mass is 10.1. The van der Waals surface area contributed by atoms with Crippen LogP contribution in [0.4, 0.5) is 4.79 Å². The third-order valence-electron chi connectivity index (χ3n) is 3.66. The van der Waals surface area contributed by atoms with E-state index in [1.165, 1.54) is 0 Å². The number of ether oxygens (including phenoxy) is 1. The van der Waals surface area contributed by atoms with E-state index in [0.29, 0.717) is 6.54 Å². The first-order valence-corrected chi connectivity index (χ1v) is 7.81. The highest BCUT2D eigenvalue weighted by atomic mass is 16.5. The lowest BCUT2D eigenvalue weighted by Gasteiger charge is -2.19. The van der Waals surface area contributed by atoms with Gasteiger partial charge in [-0.2, -0.15) is 0 Å². The normalized spacial score (nSPS) is 11.8. The minimum Gasteiger partial charge on any atom is -0.497 e. The molecular weight excluding hydrogens is 292 g/mol. The predicted molar refractivity (Wildman–Crippen MR) is 89.5 cm³/mol. The van der Waals surface area contributed by atoms with Gasteiger partial charge in [-0.05, 0) is 24.1 Å². The third kappa shape index (κ3) is 4.48. The monoisotopic (exact) mass is 316 g/mol. The summed E-state index contributed by atoms with van der Waals surface area (Å²) in [5.41, 5.74) is 0.950. The van der Waals surface area contributed by atoms with Crippen LogP contribution in [-0.2, 0) is 7.05 Å². The van der Waals surface area contributed by atoms with E-state index < -0.39 is 0 Å². The van der Waals surface area contributed by atoms with Gasteiger partial charge >= 0.3 is 6.03 Å². The number of nitrogens with one attached hydrogen (secondary N) is 2. The minimum atomic E-state index is -0.317. The van der Waals surface area contributed by atoms with Crippen LogP contribution in [0.5, 0.6) is 5.75 Å². The van der Waals surface area contributed by atoms with Crippen LogP contribution < -0.4 is 15.4 Å². The van der Waals surface area contributed by atoms with Crippen LogP contribution >= 0.6 is 0 Å². The maximum absolute atomic E-state index is 12.1.